The Morgan fingerprint density at radius 2 is 1.50 bits per heavy atom. The van der Waals surface area contributed by atoms with Gasteiger partial charge in [0.05, 0.1) is 5.56 Å². The summed E-state index contributed by atoms with van der Waals surface area (Å²) in [5, 5.41) is 4.49. The van der Waals surface area contributed by atoms with E-state index in [-0.39, 0.29) is 5.91 Å². The van der Waals surface area contributed by atoms with Crippen LogP contribution >= 0.6 is 23.2 Å². The molecule has 3 nitrogen and oxygen atoms in total. The lowest BCUT2D eigenvalue weighted by Gasteiger charge is -2.39. The van der Waals surface area contributed by atoms with Crippen LogP contribution in [0.25, 0.3) is 0 Å². The van der Waals surface area contributed by atoms with Crippen LogP contribution < -0.4 is 5.32 Å². The summed E-state index contributed by atoms with van der Waals surface area (Å²) in [7, 11) is 0. The van der Waals surface area contributed by atoms with Gasteiger partial charge in [0.2, 0.25) is 0 Å². The van der Waals surface area contributed by atoms with E-state index in [0.29, 0.717) is 27.7 Å². The third-order valence-electron chi connectivity index (χ3n) is 4.49. The first-order chi connectivity index (χ1) is 12.6. The first kappa shape index (κ1) is 17.0. The Balaban J connectivity index is 1.82. The van der Waals surface area contributed by atoms with Crippen molar-refractivity contribution in [2.75, 3.05) is 5.32 Å². The zero-order valence-corrected chi connectivity index (χ0v) is 15.3. The maximum atomic E-state index is 13.2. The van der Waals surface area contributed by atoms with Crippen molar-refractivity contribution in [2.24, 2.45) is 0 Å². The quantitative estimate of drug-likeness (QED) is 0.624. The number of rotatable bonds is 3. The van der Waals surface area contributed by atoms with E-state index in [1.54, 1.807) is 23.1 Å². The predicted molar refractivity (Wildman–Crippen MR) is 106 cm³/mol. The van der Waals surface area contributed by atoms with Crippen LogP contribution in [0, 0.1) is 0 Å². The highest BCUT2D eigenvalue weighted by molar-refractivity contribution is 6.36. The number of nitrogens with one attached hydrogen (secondary N) is 1. The van der Waals surface area contributed by atoms with Gasteiger partial charge in [-0.15, -0.1) is 0 Å². The molecule has 0 bridgehead atoms. The highest BCUT2D eigenvalue weighted by Gasteiger charge is 2.34. The fourth-order valence-corrected chi connectivity index (χ4v) is 3.84. The number of carbonyl (C=O) groups excluding carboxylic acids is 1. The molecule has 1 aliphatic heterocycles. The Morgan fingerprint density at radius 1 is 0.846 bits per heavy atom. The van der Waals surface area contributed by atoms with Gasteiger partial charge in [0.25, 0.3) is 5.91 Å². The van der Waals surface area contributed by atoms with Crippen molar-refractivity contribution in [3.05, 3.63) is 99.5 Å². The first-order valence-electron chi connectivity index (χ1n) is 8.29. The third kappa shape index (κ3) is 3.05. The van der Waals surface area contributed by atoms with Crippen molar-refractivity contribution in [3.8, 4) is 0 Å². The lowest BCUT2D eigenvalue weighted by Crippen LogP contribution is -2.42. The molecule has 0 radical (unpaired) electrons. The Kier molecular flexibility index (Phi) is 4.58. The Labute approximate surface area is 162 Å². The lowest BCUT2D eigenvalue weighted by molar-refractivity contribution is 0.0667. The smallest absolute Gasteiger partial charge is 0.258 e. The van der Waals surface area contributed by atoms with E-state index in [0.717, 1.165) is 11.3 Å². The molecule has 1 aliphatic rings. The van der Waals surface area contributed by atoms with Crippen molar-refractivity contribution >= 4 is 34.8 Å². The molecule has 0 aliphatic carbocycles. The second-order valence-corrected chi connectivity index (χ2v) is 6.96. The molecule has 1 atom stereocenters. The summed E-state index contributed by atoms with van der Waals surface area (Å²) in [5.74, 6) is -0.0517. The molecule has 0 aromatic heterocycles. The molecule has 3 aromatic carbocycles. The highest BCUT2D eigenvalue weighted by atomic mass is 35.5. The summed E-state index contributed by atoms with van der Waals surface area (Å²) in [6, 6.07) is 22.7. The van der Waals surface area contributed by atoms with Crippen LogP contribution in [0.15, 0.2) is 72.8 Å². The number of halogens is 2. The fourth-order valence-electron chi connectivity index (χ4n) is 3.24. The van der Waals surface area contributed by atoms with Crippen molar-refractivity contribution in [1.82, 2.24) is 4.90 Å². The van der Waals surface area contributed by atoms with E-state index >= 15 is 0 Å². The summed E-state index contributed by atoms with van der Waals surface area (Å²) in [6.45, 7) is 0.452. The number of benzene rings is 3. The number of carbonyl (C=O) groups is 1. The van der Waals surface area contributed by atoms with E-state index in [1.165, 1.54) is 0 Å². The van der Waals surface area contributed by atoms with Crippen LogP contribution in [0.3, 0.4) is 0 Å². The van der Waals surface area contributed by atoms with E-state index in [4.69, 9.17) is 23.2 Å². The van der Waals surface area contributed by atoms with E-state index in [9.17, 15) is 4.79 Å². The maximum Gasteiger partial charge on any atom is 0.258 e. The van der Waals surface area contributed by atoms with Gasteiger partial charge >= 0.3 is 0 Å². The summed E-state index contributed by atoms with van der Waals surface area (Å²) in [4.78, 5) is 15.0. The van der Waals surface area contributed by atoms with Gasteiger partial charge in [0.15, 0.2) is 0 Å². The minimum absolute atomic E-state index is 0.0517. The number of fused-ring (bicyclic) bond motifs is 1. The number of hydrogen-bond acceptors (Lipinski definition) is 2. The average molecular weight is 383 g/mol. The van der Waals surface area contributed by atoms with Crippen LogP contribution in [0.5, 0.6) is 0 Å². The molecule has 5 heteroatoms. The second-order valence-electron chi connectivity index (χ2n) is 6.15. The number of para-hydroxylation sites is 1. The molecule has 0 spiro atoms. The summed E-state index contributed by atoms with van der Waals surface area (Å²) in [5.41, 5.74) is 3.16. The molecular formula is C21H16Cl2N2O. The number of amides is 1. The Morgan fingerprint density at radius 3 is 2.23 bits per heavy atom. The van der Waals surface area contributed by atoms with Gasteiger partial charge in [-0.05, 0) is 29.8 Å². The van der Waals surface area contributed by atoms with Gasteiger partial charge < -0.3 is 10.2 Å². The zero-order valence-electron chi connectivity index (χ0n) is 13.8. The van der Waals surface area contributed by atoms with Crippen molar-refractivity contribution in [1.29, 1.82) is 0 Å². The van der Waals surface area contributed by atoms with E-state index in [2.05, 4.69) is 5.32 Å². The minimum Gasteiger partial charge on any atom is -0.361 e. The van der Waals surface area contributed by atoms with Crippen molar-refractivity contribution in [3.63, 3.8) is 0 Å². The van der Waals surface area contributed by atoms with Crippen molar-refractivity contribution in [2.45, 2.75) is 12.7 Å². The Bertz CT molecular complexity index is 939. The number of anilines is 1. The number of nitrogens with zero attached hydrogens (tertiary/aromatic N) is 1. The molecular weight excluding hydrogens is 367 g/mol. The molecule has 0 unspecified atom stereocenters. The topological polar surface area (TPSA) is 32.3 Å². The first-order valence-corrected chi connectivity index (χ1v) is 9.05. The van der Waals surface area contributed by atoms with Gasteiger partial charge in [-0.2, -0.15) is 0 Å². The molecule has 0 fully saturated rings. The molecule has 1 N–H and O–H groups in total. The van der Waals surface area contributed by atoms with Gasteiger partial charge in [-0.1, -0.05) is 71.7 Å². The summed E-state index contributed by atoms with van der Waals surface area (Å²) >= 11 is 12.9. The fraction of sp³-hybridized carbons (Fsp3) is 0.0952. The maximum absolute atomic E-state index is 13.2. The standard InChI is InChI=1S/C21H16Cl2N2O/c22-16-10-6-11-17(23)19(16)20-24-18-12-5-4-9-15(18)21(26)25(20)13-14-7-2-1-3-8-14/h1-12,20,24H,13H2/t20-/m1/s1. The number of hydrogen-bond donors (Lipinski definition) is 1. The van der Waals surface area contributed by atoms with Crippen LogP contribution in [-0.2, 0) is 6.54 Å². The van der Waals surface area contributed by atoms with Gasteiger partial charge in [0.1, 0.15) is 6.17 Å². The Hall–Kier alpha value is -2.49. The van der Waals surface area contributed by atoms with Crippen LogP contribution in [-0.4, -0.2) is 10.8 Å². The molecule has 1 heterocycles. The zero-order chi connectivity index (χ0) is 18.1. The van der Waals surface area contributed by atoms with Gasteiger partial charge in [-0.25, -0.2) is 0 Å². The van der Waals surface area contributed by atoms with Crippen LogP contribution in [0.1, 0.15) is 27.7 Å². The van der Waals surface area contributed by atoms with Crippen molar-refractivity contribution < 1.29 is 4.79 Å². The lowest BCUT2D eigenvalue weighted by atomic mass is 10.0. The minimum atomic E-state index is -0.446. The molecule has 26 heavy (non-hydrogen) atoms. The molecule has 4 rings (SSSR count). The average Bonchev–Trinajstić information content (AvgIpc) is 2.65. The van der Waals surface area contributed by atoms with Gasteiger partial charge in [0, 0.05) is 27.8 Å². The monoisotopic (exact) mass is 382 g/mol. The SMILES string of the molecule is O=C1c2ccccc2N[C@@H](c2c(Cl)cccc2Cl)N1Cc1ccccc1. The molecule has 3 aromatic rings. The normalized spacial score (nSPS) is 16.2. The van der Waals surface area contributed by atoms with E-state index < -0.39 is 6.17 Å². The summed E-state index contributed by atoms with van der Waals surface area (Å²) < 4.78 is 0. The molecule has 0 saturated carbocycles. The van der Waals surface area contributed by atoms with Gasteiger partial charge in [-0.3, -0.25) is 4.79 Å². The molecule has 130 valence electrons. The largest absolute Gasteiger partial charge is 0.361 e. The molecule has 0 saturated heterocycles. The summed E-state index contributed by atoms with van der Waals surface area (Å²) in [6.07, 6.45) is -0.446. The highest BCUT2D eigenvalue weighted by Crippen LogP contribution is 2.39. The second kappa shape index (κ2) is 7.02. The molecule has 1 amide bonds. The predicted octanol–water partition coefficient (Wildman–Crippen LogP) is 5.76. The third-order valence-corrected chi connectivity index (χ3v) is 5.15. The van der Waals surface area contributed by atoms with Crippen LogP contribution in [0.2, 0.25) is 10.0 Å². The van der Waals surface area contributed by atoms with Crippen LogP contribution in [0.4, 0.5) is 5.69 Å². The van der Waals surface area contributed by atoms with E-state index in [1.807, 2.05) is 54.6 Å².